The Bertz CT molecular complexity index is 2340. The van der Waals surface area contributed by atoms with Crippen LogP contribution < -0.4 is 15.4 Å². The van der Waals surface area contributed by atoms with E-state index < -0.39 is 41.7 Å². The molecular weight excluding hydrogens is 786 g/mol. The van der Waals surface area contributed by atoms with E-state index in [-0.39, 0.29) is 36.3 Å². The number of ether oxygens (including phenoxy) is 2. The number of piperidine rings is 1. The molecule has 2 aromatic carbocycles. The molecule has 4 aromatic rings. The molecule has 1 unspecified atom stereocenters. The molecule has 15 nitrogen and oxygen atoms in total. The number of thiophene rings is 1. The number of aromatic nitrogens is 3. The van der Waals surface area contributed by atoms with Gasteiger partial charge < -0.3 is 14.8 Å². The molecule has 0 bridgehead atoms. The Hall–Kier alpha value is -5.74. The van der Waals surface area contributed by atoms with Gasteiger partial charge in [0.25, 0.3) is 17.7 Å². The minimum absolute atomic E-state index is 0.0316. The highest BCUT2D eigenvalue weighted by molar-refractivity contribution is 7.17. The van der Waals surface area contributed by atoms with Crippen LogP contribution in [0.25, 0.3) is 5.00 Å². The highest BCUT2D eigenvalue weighted by Gasteiger charge is 2.46. The first-order valence-electron chi connectivity index (χ1n) is 19.2. The lowest BCUT2D eigenvalue weighted by molar-refractivity contribution is -0.141. The number of carbonyl (C=O) groups excluding carboxylic acids is 6. The third-order valence-electron chi connectivity index (χ3n) is 10.5. The van der Waals surface area contributed by atoms with Crippen molar-refractivity contribution in [2.24, 2.45) is 4.99 Å². The first kappa shape index (κ1) is 40.5. The van der Waals surface area contributed by atoms with Crippen LogP contribution in [-0.2, 0) is 19.1 Å². The number of amides is 5. The standard InChI is InChI=1S/C41H42ClN7O8S/c1-22-32-34(24-13-15-25(42)16-14-24)44-27(21-31(51)56-3)36-47-46-23(2)48(36)41(32)58-35(22)38(53)43-19-8-6-4-5-7-9-20-57-29-12-10-11-26-33(29)40(55)49(39(26)54)28-17-18-30(50)45-37(28)52/h10-16,27-28H,4-9,17-21H2,1-3H3,(H,43,53)(H,45,50,52)/t27-,28?/m0/s1. The Morgan fingerprint density at radius 3 is 2.43 bits per heavy atom. The molecule has 5 heterocycles. The monoisotopic (exact) mass is 827 g/mol. The van der Waals surface area contributed by atoms with E-state index in [1.807, 2.05) is 30.5 Å². The number of aryl methyl sites for hydroxylation is 1. The van der Waals surface area contributed by atoms with Gasteiger partial charge in [-0.2, -0.15) is 0 Å². The molecule has 1 saturated heterocycles. The van der Waals surface area contributed by atoms with Crippen molar-refractivity contribution in [1.82, 2.24) is 30.3 Å². The molecule has 2 aromatic heterocycles. The molecule has 7 rings (SSSR count). The Kier molecular flexibility index (Phi) is 12.1. The number of halogens is 1. The quantitative estimate of drug-likeness (QED) is 0.0866. The predicted molar refractivity (Wildman–Crippen MR) is 214 cm³/mol. The molecule has 2 atom stereocenters. The third kappa shape index (κ3) is 8.03. The minimum Gasteiger partial charge on any atom is -0.493 e. The Morgan fingerprint density at radius 1 is 0.948 bits per heavy atom. The van der Waals surface area contributed by atoms with Crippen LogP contribution in [0.5, 0.6) is 5.75 Å². The van der Waals surface area contributed by atoms with Gasteiger partial charge in [-0.1, -0.05) is 55.5 Å². The lowest BCUT2D eigenvalue weighted by Gasteiger charge is -2.27. The molecule has 0 spiro atoms. The van der Waals surface area contributed by atoms with Crippen LogP contribution in [0.2, 0.25) is 5.02 Å². The summed E-state index contributed by atoms with van der Waals surface area (Å²) in [5.74, 6) is -1.47. The first-order chi connectivity index (χ1) is 28.0. The maximum absolute atomic E-state index is 13.7. The number of hydrogen-bond acceptors (Lipinski definition) is 12. The number of hydrogen-bond donors (Lipinski definition) is 2. The second kappa shape index (κ2) is 17.4. The second-order valence-corrected chi connectivity index (χ2v) is 15.7. The Balaban J connectivity index is 0.907. The summed E-state index contributed by atoms with van der Waals surface area (Å²) in [6.45, 7) is 4.58. The van der Waals surface area contributed by atoms with Gasteiger partial charge in [-0.05, 0) is 62.9 Å². The lowest BCUT2D eigenvalue weighted by atomic mass is 9.99. The van der Waals surface area contributed by atoms with Crippen molar-refractivity contribution >= 4 is 64.2 Å². The molecule has 0 saturated carbocycles. The second-order valence-electron chi connectivity index (χ2n) is 14.3. The Morgan fingerprint density at radius 2 is 1.69 bits per heavy atom. The fourth-order valence-electron chi connectivity index (χ4n) is 7.48. The molecule has 58 heavy (non-hydrogen) atoms. The molecule has 2 N–H and O–H groups in total. The zero-order valence-electron chi connectivity index (χ0n) is 32.3. The maximum Gasteiger partial charge on any atom is 0.308 e. The highest BCUT2D eigenvalue weighted by Crippen LogP contribution is 2.40. The number of aliphatic imine (C=N–C) groups is 1. The molecule has 3 aliphatic heterocycles. The highest BCUT2D eigenvalue weighted by atomic mass is 35.5. The van der Waals surface area contributed by atoms with E-state index in [2.05, 4.69) is 20.8 Å². The average molecular weight is 828 g/mol. The van der Waals surface area contributed by atoms with Gasteiger partial charge >= 0.3 is 5.97 Å². The summed E-state index contributed by atoms with van der Waals surface area (Å²) in [6, 6.07) is 10.4. The van der Waals surface area contributed by atoms with E-state index in [1.165, 1.54) is 18.4 Å². The van der Waals surface area contributed by atoms with E-state index in [9.17, 15) is 28.8 Å². The van der Waals surface area contributed by atoms with Gasteiger partial charge in [0, 0.05) is 29.1 Å². The number of carbonyl (C=O) groups is 6. The lowest BCUT2D eigenvalue weighted by Crippen LogP contribution is -2.54. The molecule has 1 fully saturated rings. The van der Waals surface area contributed by atoms with Crippen molar-refractivity contribution in [3.05, 3.63) is 91.8 Å². The number of benzene rings is 2. The normalized spacial score (nSPS) is 17.2. The van der Waals surface area contributed by atoms with Gasteiger partial charge in [0.15, 0.2) is 5.82 Å². The van der Waals surface area contributed by atoms with Crippen molar-refractivity contribution in [2.45, 2.75) is 83.7 Å². The number of esters is 1. The van der Waals surface area contributed by atoms with E-state index in [0.29, 0.717) is 46.2 Å². The summed E-state index contributed by atoms with van der Waals surface area (Å²) < 4.78 is 12.8. The Labute approximate surface area is 343 Å². The van der Waals surface area contributed by atoms with Crippen LogP contribution in [0, 0.1) is 13.8 Å². The smallest absolute Gasteiger partial charge is 0.308 e. The van der Waals surface area contributed by atoms with Gasteiger partial charge in [0.1, 0.15) is 28.7 Å². The number of fused-ring (bicyclic) bond motifs is 4. The first-order valence-corrected chi connectivity index (χ1v) is 20.4. The summed E-state index contributed by atoms with van der Waals surface area (Å²) in [6.07, 6.45) is 5.35. The number of imide groups is 2. The van der Waals surface area contributed by atoms with Crippen molar-refractivity contribution < 1.29 is 38.2 Å². The molecule has 0 radical (unpaired) electrons. The van der Waals surface area contributed by atoms with Crippen molar-refractivity contribution in [1.29, 1.82) is 0 Å². The van der Waals surface area contributed by atoms with Gasteiger partial charge in [0.05, 0.1) is 41.9 Å². The van der Waals surface area contributed by atoms with Crippen LogP contribution in [0.15, 0.2) is 47.5 Å². The number of unbranched alkanes of at least 4 members (excludes halogenated alkanes) is 5. The summed E-state index contributed by atoms with van der Waals surface area (Å²) in [5, 5.41) is 15.3. The van der Waals surface area contributed by atoms with Crippen LogP contribution in [0.4, 0.5) is 0 Å². The SMILES string of the molecule is COC(=O)C[C@@H]1N=C(c2ccc(Cl)cc2)c2c(sc(C(=O)NCCCCCCCCOc3cccc4c3C(=O)N(C3CCC(=O)NC3=O)C4=O)c2C)-n2c(C)nnc21. The largest absolute Gasteiger partial charge is 0.493 e. The maximum atomic E-state index is 13.7. The number of methoxy groups -OCH3 is 1. The zero-order chi connectivity index (χ0) is 41.1. The summed E-state index contributed by atoms with van der Waals surface area (Å²) in [4.78, 5) is 83.0. The summed E-state index contributed by atoms with van der Waals surface area (Å²) in [7, 11) is 1.33. The van der Waals surface area contributed by atoms with Crippen molar-refractivity contribution in [3.63, 3.8) is 0 Å². The topological polar surface area (TPSA) is 191 Å². The molecule has 0 aliphatic carbocycles. The fraction of sp³-hybridized carbons (Fsp3) is 0.390. The molecular formula is C41H42ClN7O8S. The van der Waals surface area contributed by atoms with E-state index in [1.54, 1.807) is 30.3 Å². The van der Waals surface area contributed by atoms with Crippen LogP contribution in [0.1, 0.15) is 123 Å². The average Bonchev–Trinajstić information content (AvgIpc) is 3.80. The minimum atomic E-state index is -1.03. The van der Waals surface area contributed by atoms with Crippen LogP contribution >= 0.6 is 22.9 Å². The zero-order valence-corrected chi connectivity index (χ0v) is 33.8. The third-order valence-corrected chi connectivity index (χ3v) is 12.0. The number of nitrogens with zero attached hydrogens (tertiary/aromatic N) is 5. The van der Waals surface area contributed by atoms with Gasteiger partial charge in [-0.3, -0.25) is 48.5 Å². The molecule has 17 heteroatoms. The van der Waals surface area contributed by atoms with Crippen molar-refractivity contribution in [2.75, 3.05) is 20.3 Å². The number of nitrogens with one attached hydrogen (secondary N) is 2. The fourth-order valence-corrected chi connectivity index (χ4v) is 8.89. The van der Waals surface area contributed by atoms with E-state index in [4.69, 9.17) is 26.1 Å². The van der Waals surface area contributed by atoms with Crippen LogP contribution in [-0.4, -0.2) is 87.2 Å². The number of rotatable bonds is 15. The van der Waals surface area contributed by atoms with Gasteiger partial charge in [-0.25, -0.2) is 0 Å². The van der Waals surface area contributed by atoms with Crippen LogP contribution in [0.3, 0.4) is 0 Å². The van der Waals surface area contributed by atoms with E-state index >= 15 is 0 Å². The molecule has 5 amide bonds. The summed E-state index contributed by atoms with van der Waals surface area (Å²) >= 11 is 7.56. The van der Waals surface area contributed by atoms with Gasteiger partial charge in [-0.15, -0.1) is 21.5 Å². The van der Waals surface area contributed by atoms with Gasteiger partial charge in [0.2, 0.25) is 11.8 Å². The molecule has 302 valence electrons. The van der Waals surface area contributed by atoms with Crippen molar-refractivity contribution in [3.8, 4) is 10.8 Å². The predicted octanol–water partition coefficient (Wildman–Crippen LogP) is 5.60. The van der Waals surface area contributed by atoms with E-state index in [0.717, 1.165) is 65.1 Å². The molecule has 3 aliphatic rings. The summed E-state index contributed by atoms with van der Waals surface area (Å²) in [5.41, 5.74) is 3.26.